The van der Waals surface area contributed by atoms with Crippen molar-refractivity contribution in [2.75, 3.05) is 13.2 Å². The van der Waals surface area contributed by atoms with E-state index in [1.165, 1.54) is 12.1 Å². The van der Waals surface area contributed by atoms with Crippen LogP contribution in [0.5, 0.6) is 0 Å². The molecule has 0 atom stereocenters. The molecule has 6 nitrogen and oxygen atoms in total. The topological polar surface area (TPSA) is 75.3 Å². The standard InChI is InChI=1S/C15H17N3O3S/c19-14-4-3-13(16-17-14)15(20)18(10-12-2-1-9-22-12)11-5-7-21-8-6-11/h1-4,9,11H,5-8,10H2,(H,17,19). The summed E-state index contributed by atoms with van der Waals surface area (Å²) in [6.07, 6.45) is 1.64. The van der Waals surface area contributed by atoms with Gasteiger partial charge in [0.1, 0.15) is 5.69 Å². The Morgan fingerprint density at radius 3 is 2.82 bits per heavy atom. The second-order valence-electron chi connectivity index (χ2n) is 5.16. The normalized spacial score (nSPS) is 15.6. The fraction of sp³-hybridized carbons (Fsp3) is 0.400. The largest absolute Gasteiger partial charge is 0.381 e. The zero-order valence-electron chi connectivity index (χ0n) is 12.0. The van der Waals surface area contributed by atoms with Crippen LogP contribution in [-0.2, 0) is 11.3 Å². The number of thiophene rings is 1. The van der Waals surface area contributed by atoms with E-state index in [2.05, 4.69) is 10.2 Å². The van der Waals surface area contributed by atoms with Crippen molar-refractivity contribution in [3.63, 3.8) is 0 Å². The van der Waals surface area contributed by atoms with E-state index in [1.807, 2.05) is 22.4 Å². The third kappa shape index (κ3) is 3.42. The summed E-state index contributed by atoms with van der Waals surface area (Å²) in [7, 11) is 0. The molecular weight excluding hydrogens is 302 g/mol. The summed E-state index contributed by atoms with van der Waals surface area (Å²) in [6.45, 7) is 1.89. The van der Waals surface area contributed by atoms with Crippen molar-refractivity contribution in [1.82, 2.24) is 15.1 Å². The molecule has 116 valence electrons. The molecular formula is C15H17N3O3S. The monoisotopic (exact) mass is 319 g/mol. The molecule has 1 aliphatic heterocycles. The minimum atomic E-state index is -0.313. The van der Waals surface area contributed by atoms with Crippen LogP contribution >= 0.6 is 11.3 Å². The van der Waals surface area contributed by atoms with Gasteiger partial charge in [-0.1, -0.05) is 6.07 Å². The number of amides is 1. The van der Waals surface area contributed by atoms with Gasteiger partial charge in [0.25, 0.3) is 11.5 Å². The van der Waals surface area contributed by atoms with Gasteiger partial charge in [-0.05, 0) is 30.4 Å². The summed E-state index contributed by atoms with van der Waals surface area (Å²) >= 11 is 1.63. The Morgan fingerprint density at radius 1 is 1.36 bits per heavy atom. The van der Waals surface area contributed by atoms with Gasteiger partial charge in [-0.25, -0.2) is 5.10 Å². The summed E-state index contributed by atoms with van der Waals surface area (Å²) in [5.74, 6) is -0.156. The molecule has 0 unspecified atom stereocenters. The highest BCUT2D eigenvalue weighted by atomic mass is 32.1. The van der Waals surface area contributed by atoms with Crippen LogP contribution in [0, 0.1) is 0 Å². The van der Waals surface area contributed by atoms with Gasteiger partial charge in [0.2, 0.25) is 0 Å². The van der Waals surface area contributed by atoms with Crippen molar-refractivity contribution < 1.29 is 9.53 Å². The molecule has 3 heterocycles. The lowest BCUT2D eigenvalue weighted by molar-refractivity contribution is 0.0266. The summed E-state index contributed by atoms with van der Waals surface area (Å²) in [5.41, 5.74) is -0.0462. The Morgan fingerprint density at radius 2 is 2.18 bits per heavy atom. The lowest BCUT2D eigenvalue weighted by Crippen LogP contribution is -2.43. The maximum atomic E-state index is 12.8. The summed E-state index contributed by atoms with van der Waals surface area (Å²) < 4.78 is 5.39. The van der Waals surface area contributed by atoms with Crippen molar-refractivity contribution in [3.05, 3.63) is 50.6 Å². The molecule has 0 bridgehead atoms. The Balaban J connectivity index is 1.84. The number of hydrogen-bond donors (Lipinski definition) is 1. The minimum absolute atomic E-state index is 0.136. The average molecular weight is 319 g/mol. The number of aromatic nitrogens is 2. The molecule has 1 aliphatic rings. The second-order valence-corrected chi connectivity index (χ2v) is 6.19. The molecule has 0 aliphatic carbocycles. The predicted octanol–water partition coefficient (Wildman–Crippen LogP) is 1.65. The maximum Gasteiger partial charge on any atom is 0.274 e. The molecule has 1 N–H and O–H groups in total. The van der Waals surface area contributed by atoms with Crippen molar-refractivity contribution in [2.24, 2.45) is 0 Å². The first kappa shape index (κ1) is 14.9. The molecule has 2 aromatic heterocycles. The van der Waals surface area contributed by atoms with E-state index in [4.69, 9.17) is 4.74 Å². The fourth-order valence-corrected chi connectivity index (χ4v) is 3.25. The SMILES string of the molecule is O=C(c1ccc(=O)[nH]n1)N(Cc1cccs1)C1CCOCC1. The number of aromatic amines is 1. The highest BCUT2D eigenvalue weighted by molar-refractivity contribution is 7.09. The van der Waals surface area contributed by atoms with Crippen LogP contribution in [0.15, 0.2) is 34.4 Å². The number of carbonyl (C=O) groups excluding carboxylic acids is 1. The smallest absolute Gasteiger partial charge is 0.274 e. The van der Waals surface area contributed by atoms with Gasteiger partial charge in [0.05, 0.1) is 6.54 Å². The molecule has 0 spiro atoms. The highest BCUT2D eigenvalue weighted by Gasteiger charge is 2.27. The van der Waals surface area contributed by atoms with Crippen molar-refractivity contribution in [3.8, 4) is 0 Å². The predicted molar refractivity (Wildman–Crippen MR) is 82.9 cm³/mol. The highest BCUT2D eigenvalue weighted by Crippen LogP contribution is 2.21. The summed E-state index contributed by atoms with van der Waals surface area (Å²) in [4.78, 5) is 26.9. The van der Waals surface area contributed by atoms with Crippen LogP contribution in [0.4, 0.5) is 0 Å². The van der Waals surface area contributed by atoms with E-state index >= 15 is 0 Å². The van der Waals surface area contributed by atoms with Gasteiger partial charge in [0.15, 0.2) is 0 Å². The zero-order valence-corrected chi connectivity index (χ0v) is 12.8. The van der Waals surface area contributed by atoms with Crippen molar-refractivity contribution in [1.29, 1.82) is 0 Å². The molecule has 3 rings (SSSR count). The molecule has 1 amide bonds. The van der Waals surface area contributed by atoms with Gasteiger partial charge in [-0.2, -0.15) is 5.10 Å². The molecule has 0 aromatic carbocycles. The number of ether oxygens (including phenoxy) is 1. The molecule has 0 radical (unpaired) electrons. The van der Waals surface area contributed by atoms with Gasteiger partial charge >= 0.3 is 0 Å². The van der Waals surface area contributed by atoms with Crippen LogP contribution < -0.4 is 5.56 Å². The summed E-state index contributed by atoms with van der Waals surface area (Å²) in [6, 6.07) is 6.93. The third-order valence-electron chi connectivity index (χ3n) is 3.70. The van der Waals surface area contributed by atoms with Gasteiger partial charge < -0.3 is 9.64 Å². The molecule has 7 heteroatoms. The van der Waals surface area contributed by atoms with Crippen molar-refractivity contribution >= 4 is 17.2 Å². The van der Waals surface area contributed by atoms with Gasteiger partial charge in [-0.3, -0.25) is 9.59 Å². The number of nitrogens with one attached hydrogen (secondary N) is 1. The Hall–Kier alpha value is -1.99. The lowest BCUT2D eigenvalue weighted by atomic mass is 10.1. The number of rotatable bonds is 4. The molecule has 22 heavy (non-hydrogen) atoms. The molecule has 1 saturated heterocycles. The Labute approximate surface area is 131 Å². The lowest BCUT2D eigenvalue weighted by Gasteiger charge is -2.33. The van der Waals surface area contributed by atoms with Crippen LogP contribution in [0.25, 0.3) is 0 Å². The Bertz CT molecular complexity index is 657. The van der Waals surface area contributed by atoms with Gasteiger partial charge in [0, 0.05) is 30.2 Å². The quantitative estimate of drug-likeness (QED) is 0.930. The molecule has 1 fully saturated rings. The minimum Gasteiger partial charge on any atom is -0.381 e. The van der Waals surface area contributed by atoms with Crippen LogP contribution in [0.2, 0.25) is 0 Å². The van der Waals surface area contributed by atoms with Crippen molar-refractivity contribution in [2.45, 2.75) is 25.4 Å². The number of hydrogen-bond acceptors (Lipinski definition) is 5. The Kier molecular flexibility index (Phi) is 4.65. The number of nitrogens with zero attached hydrogens (tertiary/aromatic N) is 2. The third-order valence-corrected chi connectivity index (χ3v) is 4.56. The first-order chi connectivity index (χ1) is 10.7. The number of H-pyrrole nitrogens is 1. The molecule has 2 aromatic rings. The van der Waals surface area contributed by atoms with E-state index in [-0.39, 0.29) is 23.2 Å². The number of carbonyl (C=O) groups is 1. The van der Waals surface area contributed by atoms with Crippen LogP contribution in [-0.4, -0.2) is 40.3 Å². The first-order valence-corrected chi connectivity index (χ1v) is 8.09. The van der Waals surface area contributed by atoms with E-state index < -0.39 is 0 Å². The van der Waals surface area contributed by atoms with Crippen LogP contribution in [0.1, 0.15) is 28.2 Å². The fourth-order valence-electron chi connectivity index (χ4n) is 2.54. The van der Waals surface area contributed by atoms with Crippen LogP contribution in [0.3, 0.4) is 0 Å². The van der Waals surface area contributed by atoms with E-state index in [9.17, 15) is 9.59 Å². The average Bonchev–Trinajstić information content (AvgIpc) is 3.07. The molecule has 0 saturated carbocycles. The van der Waals surface area contributed by atoms with E-state index in [0.717, 1.165) is 17.7 Å². The maximum absolute atomic E-state index is 12.8. The van der Waals surface area contributed by atoms with E-state index in [0.29, 0.717) is 19.8 Å². The zero-order chi connectivity index (χ0) is 15.4. The van der Waals surface area contributed by atoms with Gasteiger partial charge in [-0.15, -0.1) is 11.3 Å². The first-order valence-electron chi connectivity index (χ1n) is 7.21. The summed E-state index contributed by atoms with van der Waals surface area (Å²) in [5, 5.41) is 8.19. The van der Waals surface area contributed by atoms with E-state index in [1.54, 1.807) is 11.3 Å². The second kappa shape index (κ2) is 6.85.